The molecule has 0 amide bonds. The lowest BCUT2D eigenvalue weighted by Gasteiger charge is -2.34. The van der Waals surface area contributed by atoms with Gasteiger partial charge in [-0.25, -0.2) is 9.78 Å². The van der Waals surface area contributed by atoms with Crippen LogP contribution in [-0.2, 0) is 18.3 Å². The van der Waals surface area contributed by atoms with Crippen LogP contribution in [0.5, 0.6) is 0 Å². The van der Waals surface area contributed by atoms with Crippen LogP contribution in [0.25, 0.3) is 0 Å². The second-order valence-electron chi connectivity index (χ2n) is 12.4. The maximum Gasteiger partial charge on any atom is 0.186 e. The van der Waals surface area contributed by atoms with Crippen molar-refractivity contribution in [1.29, 1.82) is 0 Å². The van der Waals surface area contributed by atoms with E-state index in [1.807, 2.05) is 14.0 Å². The van der Waals surface area contributed by atoms with Crippen LogP contribution in [0, 0.1) is 0 Å². The molecule has 0 aromatic heterocycles. The maximum atomic E-state index is 6.88. The van der Waals surface area contributed by atoms with Crippen molar-refractivity contribution >= 4 is 25.0 Å². The first-order chi connectivity index (χ1) is 16.5. The Morgan fingerprint density at radius 1 is 0.429 bits per heavy atom. The second kappa shape index (κ2) is 21.4. The standard InChI is InChI=1S/C28H64O4Si3/c1-9-30-31-25-21-17-13-11-10-12-14-19-23-27-34(5,6)32-35(7,8)28-24-20-16-15-18-22-26-33(3,4)29-2/h9-28H2,1-8H3. The van der Waals surface area contributed by atoms with Crippen molar-refractivity contribution in [3.05, 3.63) is 0 Å². The minimum Gasteiger partial charge on any atom is -0.455 e. The van der Waals surface area contributed by atoms with Gasteiger partial charge in [-0.1, -0.05) is 89.9 Å². The fraction of sp³-hybridized carbons (Fsp3) is 1.00. The zero-order valence-corrected chi connectivity index (χ0v) is 28.3. The molecular formula is C28H64O4Si3. The fourth-order valence-corrected chi connectivity index (χ4v) is 15.2. The number of rotatable bonds is 26. The van der Waals surface area contributed by atoms with Gasteiger partial charge in [0.05, 0.1) is 13.2 Å². The summed E-state index contributed by atoms with van der Waals surface area (Å²) in [4.78, 5) is 9.97. The molecule has 0 aliphatic heterocycles. The summed E-state index contributed by atoms with van der Waals surface area (Å²) < 4.78 is 12.5. The molecule has 0 aromatic carbocycles. The summed E-state index contributed by atoms with van der Waals surface area (Å²) in [5, 5.41) is 0. The Morgan fingerprint density at radius 2 is 0.771 bits per heavy atom. The second-order valence-corrected chi connectivity index (χ2v) is 25.6. The molecule has 212 valence electrons. The van der Waals surface area contributed by atoms with Gasteiger partial charge in [0.25, 0.3) is 0 Å². The molecule has 4 nitrogen and oxygen atoms in total. The third-order valence-electron chi connectivity index (χ3n) is 7.12. The molecule has 0 aliphatic rings. The van der Waals surface area contributed by atoms with Crippen LogP contribution >= 0.6 is 0 Å². The zero-order chi connectivity index (χ0) is 26.5. The average molecular weight is 549 g/mol. The molecule has 0 spiro atoms. The minimum atomic E-state index is -1.51. The lowest BCUT2D eigenvalue weighted by molar-refractivity contribution is -0.291. The van der Waals surface area contributed by atoms with Gasteiger partial charge >= 0.3 is 0 Å². The largest absolute Gasteiger partial charge is 0.455 e. The van der Waals surface area contributed by atoms with Crippen LogP contribution in [0.3, 0.4) is 0 Å². The molecular weight excluding hydrogens is 485 g/mol. The highest BCUT2D eigenvalue weighted by molar-refractivity contribution is 6.84. The lowest BCUT2D eigenvalue weighted by atomic mass is 10.1. The minimum absolute atomic E-state index is 0.641. The van der Waals surface area contributed by atoms with Gasteiger partial charge in [0.1, 0.15) is 0 Å². The lowest BCUT2D eigenvalue weighted by Crippen LogP contribution is -2.44. The highest BCUT2D eigenvalue weighted by Gasteiger charge is 2.32. The summed E-state index contributed by atoms with van der Waals surface area (Å²) in [5.41, 5.74) is 0. The molecule has 0 unspecified atom stereocenters. The summed E-state index contributed by atoms with van der Waals surface area (Å²) in [6.07, 6.45) is 20.2. The molecule has 0 rings (SSSR count). The van der Waals surface area contributed by atoms with Crippen LogP contribution in [0.1, 0.15) is 103 Å². The molecule has 0 heterocycles. The Balaban J connectivity index is 3.68. The first-order valence-electron chi connectivity index (χ1n) is 15.0. The van der Waals surface area contributed by atoms with Crippen molar-refractivity contribution < 1.29 is 18.3 Å². The van der Waals surface area contributed by atoms with Crippen LogP contribution in [0.15, 0.2) is 0 Å². The smallest absolute Gasteiger partial charge is 0.186 e. The van der Waals surface area contributed by atoms with Crippen molar-refractivity contribution in [1.82, 2.24) is 0 Å². The Kier molecular flexibility index (Phi) is 21.7. The predicted molar refractivity (Wildman–Crippen MR) is 162 cm³/mol. The molecule has 0 atom stereocenters. The van der Waals surface area contributed by atoms with Gasteiger partial charge in [-0.3, -0.25) is 0 Å². The summed E-state index contributed by atoms with van der Waals surface area (Å²) in [5.74, 6) is 0. The third-order valence-corrected chi connectivity index (χ3v) is 17.3. The zero-order valence-electron chi connectivity index (χ0n) is 25.3. The summed E-state index contributed by atoms with van der Waals surface area (Å²) in [6.45, 7) is 17.8. The van der Waals surface area contributed by atoms with Crippen molar-refractivity contribution in [2.75, 3.05) is 20.3 Å². The van der Waals surface area contributed by atoms with Crippen LogP contribution in [0.2, 0.25) is 57.4 Å². The van der Waals surface area contributed by atoms with E-state index in [0.29, 0.717) is 6.61 Å². The van der Waals surface area contributed by atoms with E-state index < -0.39 is 25.0 Å². The molecule has 0 N–H and O–H groups in total. The number of hydrogen-bond acceptors (Lipinski definition) is 4. The molecule has 0 saturated carbocycles. The maximum absolute atomic E-state index is 6.88. The third kappa shape index (κ3) is 24.6. The quantitative estimate of drug-likeness (QED) is 0.0466. The monoisotopic (exact) mass is 548 g/mol. The van der Waals surface area contributed by atoms with Crippen molar-refractivity contribution in [3.63, 3.8) is 0 Å². The highest BCUT2D eigenvalue weighted by atomic mass is 28.4. The first kappa shape index (κ1) is 35.5. The van der Waals surface area contributed by atoms with Gasteiger partial charge in [0, 0.05) is 7.11 Å². The highest BCUT2D eigenvalue weighted by Crippen LogP contribution is 2.26. The van der Waals surface area contributed by atoms with Crippen LogP contribution < -0.4 is 0 Å². The van der Waals surface area contributed by atoms with Crippen LogP contribution in [-0.4, -0.2) is 45.3 Å². The van der Waals surface area contributed by atoms with E-state index in [2.05, 4.69) is 39.3 Å². The molecule has 0 aliphatic carbocycles. The van der Waals surface area contributed by atoms with Gasteiger partial charge < -0.3 is 8.54 Å². The van der Waals surface area contributed by atoms with Gasteiger partial charge in [-0.15, -0.1) is 0 Å². The Bertz CT molecular complexity index is 473. The van der Waals surface area contributed by atoms with Gasteiger partial charge in [-0.2, -0.15) is 0 Å². The van der Waals surface area contributed by atoms with Gasteiger partial charge in [0.15, 0.2) is 25.0 Å². The fourth-order valence-electron chi connectivity index (χ4n) is 4.85. The van der Waals surface area contributed by atoms with Crippen molar-refractivity contribution in [2.45, 2.75) is 161 Å². The Labute approximate surface area is 223 Å². The van der Waals surface area contributed by atoms with Gasteiger partial charge in [0.2, 0.25) is 0 Å². The topological polar surface area (TPSA) is 36.9 Å². The van der Waals surface area contributed by atoms with E-state index in [0.717, 1.165) is 13.0 Å². The molecule has 0 radical (unpaired) electrons. The Morgan fingerprint density at radius 3 is 1.14 bits per heavy atom. The molecule has 7 heteroatoms. The number of unbranched alkanes of at least 4 members (excludes halogenated alkanes) is 13. The molecule has 0 aromatic rings. The van der Waals surface area contributed by atoms with E-state index in [9.17, 15) is 0 Å². The Hall–Kier alpha value is 0.491. The summed E-state index contributed by atoms with van der Waals surface area (Å²) in [7, 11) is -2.49. The normalized spacial score (nSPS) is 13.0. The summed E-state index contributed by atoms with van der Waals surface area (Å²) >= 11 is 0. The van der Waals surface area contributed by atoms with Crippen molar-refractivity contribution in [3.8, 4) is 0 Å². The van der Waals surface area contributed by atoms with E-state index >= 15 is 0 Å². The van der Waals surface area contributed by atoms with E-state index in [-0.39, 0.29) is 0 Å². The first-order valence-corrected chi connectivity index (χ1v) is 24.4. The number of hydrogen-bond donors (Lipinski definition) is 0. The van der Waals surface area contributed by atoms with Crippen molar-refractivity contribution in [2.24, 2.45) is 0 Å². The molecule has 0 saturated heterocycles. The van der Waals surface area contributed by atoms with E-state index in [4.69, 9.17) is 18.3 Å². The van der Waals surface area contributed by atoms with Gasteiger partial charge in [-0.05, 0) is 70.8 Å². The predicted octanol–water partition coefficient (Wildman–Crippen LogP) is 10.1. The molecule has 35 heavy (non-hydrogen) atoms. The van der Waals surface area contributed by atoms with Crippen LogP contribution in [0.4, 0.5) is 0 Å². The molecule has 0 bridgehead atoms. The van der Waals surface area contributed by atoms with E-state index in [1.54, 1.807) is 0 Å². The average Bonchev–Trinajstić information content (AvgIpc) is 2.78. The SMILES string of the molecule is CCOOCCCCCCCCCCC[Si](C)(C)O[Si](C)(C)CCCCCCCC[Si](C)(C)OC. The van der Waals surface area contributed by atoms with E-state index in [1.165, 1.54) is 108 Å². The summed E-state index contributed by atoms with van der Waals surface area (Å²) in [6, 6.07) is 3.98. The molecule has 0 fully saturated rings.